The van der Waals surface area contributed by atoms with E-state index >= 15 is 0 Å². The number of halogens is 1. The van der Waals surface area contributed by atoms with Crippen LogP contribution in [0.1, 0.15) is 49.3 Å². The Morgan fingerprint density at radius 1 is 1.07 bits per heavy atom. The van der Waals surface area contributed by atoms with E-state index in [9.17, 15) is 4.79 Å². The molecule has 0 saturated carbocycles. The highest BCUT2D eigenvalue weighted by molar-refractivity contribution is 6.33. The van der Waals surface area contributed by atoms with Crippen molar-refractivity contribution in [3.8, 4) is 0 Å². The van der Waals surface area contributed by atoms with E-state index in [2.05, 4.69) is 24.5 Å². The summed E-state index contributed by atoms with van der Waals surface area (Å²) >= 11 is 6.28. The van der Waals surface area contributed by atoms with Gasteiger partial charge < -0.3 is 9.47 Å². The van der Waals surface area contributed by atoms with E-state index in [-0.39, 0.29) is 5.91 Å². The highest BCUT2D eigenvalue weighted by atomic mass is 35.5. The molecule has 0 bridgehead atoms. The summed E-state index contributed by atoms with van der Waals surface area (Å²) in [7, 11) is 0. The van der Waals surface area contributed by atoms with Gasteiger partial charge in [0.25, 0.3) is 5.91 Å². The number of rotatable bonds is 8. The lowest BCUT2D eigenvalue weighted by Gasteiger charge is -2.23. The summed E-state index contributed by atoms with van der Waals surface area (Å²) in [6.45, 7) is 6.35. The molecule has 1 amide bonds. The maximum atomic E-state index is 13.2. The molecule has 27 heavy (non-hydrogen) atoms. The Balaban J connectivity index is 1.95. The normalized spacial score (nSPS) is 11.1. The number of carbonyl (C=O) groups is 1. The summed E-state index contributed by atoms with van der Waals surface area (Å²) in [5, 5.41) is 0.492. The maximum Gasteiger partial charge on any atom is 0.255 e. The number of hydrogen-bond acceptors (Lipinski definition) is 2. The van der Waals surface area contributed by atoms with Crippen molar-refractivity contribution in [3.05, 3.63) is 64.9 Å². The molecule has 4 nitrogen and oxygen atoms in total. The third-order valence-corrected chi connectivity index (χ3v) is 5.02. The number of imidazole rings is 1. The smallest absolute Gasteiger partial charge is 0.255 e. The minimum Gasteiger partial charge on any atom is -0.331 e. The Morgan fingerprint density at radius 3 is 2.56 bits per heavy atom. The fourth-order valence-corrected chi connectivity index (χ4v) is 3.51. The van der Waals surface area contributed by atoms with E-state index in [1.165, 1.54) is 0 Å². The van der Waals surface area contributed by atoms with Crippen LogP contribution in [-0.4, -0.2) is 26.9 Å². The molecule has 142 valence electrons. The summed E-state index contributed by atoms with van der Waals surface area (Å²) in [5.41, 5.74) is 2.64. The standard InChI is InChI=1S/C22H26ClN3O/c1-3-5-15-25(22(27)17-10-6-7-11-18(17)23)16-21-24-19-12-8-9-13-20(19)26(21)14-4-2/h6-13H,3-5,14-16H2,1-2H3. The van der Waals surface area contributed by atoms with Gasteiger partial charge in [0.1, 0.15) is 5.82 Å². The van der Waals surface area contributed by atoms with E-state index < -0.39 is 0 Å². The number of fused-ring (bicyclic) bond motifs is 1. The van der Waals surface area contributed by atoms with Crippen LogP contribution in [0.4, 0.5) is 0 Å². The summed E-state index contributed by atoms with van der Waals surface area (Å²) in [4.78, 5) is 19.9. The topological polar surface area (TPSA) is 38.1 Å². The fourth-order valence-electron chi connectivity index (χ4n) is 3.30. The molecular formula is C22H26ClN3O. The molecule has 0 aliphatic rings. The zero-order valence-corrected chi connectivity index (χ0v) is 16.7. The van der Waals surface area contributed by atoms with Crippen molar-refractivity contribution < 1.29 is 4.79 Å². The Hall–Kier alpha value is -2.33. The van der Waals surface area contributed by atoms with Crippen LogP contribution in [0.5, 0.6) is 0 Å². The average molecular weight is 384 g/mol. The van der Waals surface area contributed by atoms with Crippen molar-refractivity contribution in [2.45, 2.75) is 46.2 Å². The quantitative estimate of drug-likeness (QED) is 0.512. The number of nitrogens with zero attached hydrogens (tertiary/aromatic N) is 3. The Morgan fingerprint density at radius 2 is 1.81 bits per heavy atom. The first-order valence-electron chi connectivity index (χ1n) is 9.63. The summed E-state index contributed by atoms with van der Waals surface area (Å²) < 4.78 is 2.23. The van der Waals surface area contributed by atoms with Gasteiger partial charge in [0.2, 0.25) is 0 Å². The minimum absolute atomic E-state index is 0.0378. The molecule has 3 aromatic rings. The lowest BCUT2D eigenvalue weighted by molar-refractivity contribution is 0.0735. The van der Waals surface area contributed by atoms with E-state index in [0.29, 0.717) is 23.7 Å². The Kier molecular flexibility index (Phi) is 6.51. The molecule has 0 N–H and O–H groups in total. The van der Waals surface area contributed by atoms with E-state index in [1.54, 1.807) is 12.1 Å². The molecule has 0 saturated heterocycles. The summed E-state index contributed by atoms with van der Waals surface area (Å²) in [6.07, 6.45) is 2.99. The molecule has 0 spiro atoms. The van der Waals surface area contributed by atoms with Crippen LogP contribution < -0.4 is 0 Å². The van der Waals surface area contributed by atoms with E-state index in [0.717, 1.165) is 42.7 Å². The van der Waals surface area contributed by atoms with Gasteiger partial charge in [-0.3, -0.25) is 4.79 Å². The van der Waals surface area contributed by atoms with Crippen LogP contribution >= 0.6 is 11.6 Å². The van der Waals surface area contributed by atoms with Crippen molar-refractivity contribution in [2.24, 2.45) is 0 Å². The number of unbranched alkanes of at least 4 members (excludes halogenated alkanes) is 1. The molecule has 0 unspecified atom stereocenters. The number of amides is 1. The molecule has 1 aromatic heterocycles. The predicted octanol–water partition coefficient (Wildman–Crippen LogP) is 5.54. The monoisotopic (exact) mass is 383 g/mol. The van der Waals surface area contributed by atoms with Crippen LogP contribution in [-0.2, 0) is 13.1 Å². The number of benzene rings is 2. The molecule has 3 rings (SSSR count). The molecule has 0 aliphatic carbocycles. The van der Waals surface area contributed by atoms with Crippen molar-refractivity contribution in [2.75, 3.05) is 6.54 Å². The lowest BCUT2D eigenvalue weighted by Crippen LogP contribution is -2.33. The van der Waals surface area contributed by atoms with Gasteiger partial charge in [-0.1, -0.05) is 56.1 Å². The molecule has 0 aliphatic heterocycles. The van der Waals surface area contributed by atoms with Gasteiger partial charge in [0.05, 0.1) is 28.2 Å². The van der Waals surface area contributed by atoms with Gasteiger partial charge in [-0.25, -0.2) is 4.98 Å². The third kappa shape index (κ3) is 4.33. The van der Waals surface area contributed by atoms with Gasteiger partial charge in [0.15, 0.2) is 0 Å². The second kappa shape index (κ2) is 9.05. The van der Waals surface area contributed by atoms with Gasteiger partial charge >= 0.3 is 0 Å². The average Bonchev–Trinajstić information content (AvgIpc) is 3.02. The lowest BCUT2D eigenvalue weighted by atomic mass is 10.2. The van der Waals surface area contributed by atoms with Gasteiger partial charge in [-0.05, 0) is 37.1 Å². The molecule has 2 aromatic carbocycles. The van der Waals surface area contributed by atoms with Crippen molar-refractivity contribution >= 4 is 28.5 Å². The fraction of sp³-hybridized carbons (Fsp3) is 0.364. The minimum atomic E-state index is -0.0378. The summed E-state index contributed by atoms with van der Waals surface area (Å²) in [6, 6.07) is 15.4. The second-order valence-electron chi connectivity index (χ2n) is 6.73. The Bertz CT molecular complexity index is 919. The van der Waals surface area contributed by atoms with Crippen LogP contribution in [0.15, 0.2) is 48.5 Å². The zero-order chi connectivity index (χ0) is 19.2. The highest BCUT2D eigenvalue weighted by Crippen LogP contribution is 2.21. The van der Waals surface area contributed by atoms with Crippen LogP contribution in [0.25, 0.3) is 11.0 Å². The van der Waals surface area contributed by atoms with Crippen molar-refractivity contribution in [1.82, 2.24) is 14.5 Å². The van der Waals surface area contributed by atoms with Gasteiger partial charge in [-0.2, -0.15) is 0 Å². The molecule has 0 fully saturated rings. The SMILES string of the molecule is CCCCN(Cc1nc2ccccc2n1CCC)C(=O)c1ccccc1Cl. The summed E-state index contributed by atoms with van der Waals surface area (Å²) in [5.74, 6) is 0.888. The van der Waals surface area contributed by atoms with Gasteiger partial charge in [-0.15, -0.1) is 0 Å². The molecule has 5 heteroatoms. The van der Waals surface area contributed by atoms with Crippen LogP contribution in [0, 0.1) is 0 Å². The largest absolute Gasteiger partial charge is 0.331 e. The number of hydrogen-bond donors (Lipinski definition) is 0. The molecule has 0 atom stereocenters. The maximum absolute atomic E-state index is 13.2. The number of aromatic nitrogens is 2. The van der Waals surface area contributed by atoms with Crippen LogP contribution in [0.2, 0.25) is 5.02 Å². The molecule has 1 heterocycles. The highest BCUT2D eigenvalue weighted by Gasteiger charge is 2.21. The first-order chi connectivity index (χ1) is 13.2. The van der Waals surface area contributed by atoms with E-state index in [4.69, 9.17) is 16.6 Å². The Labute approximate surface area is 165 Å². The number of aryl methyl sites for hydroxylation is 1. The predicted molar refractivity (Wildman–Crippen MR) is 111 cm³/mol. The number of carbonyl (C=O) groups excluding carboxylic acids is 1. The third-order valence-electron chi connectivity index (χ3n) is 4.69. The molecule has 0 radical (unpaired) electrons. The molecular weight excluding hydrogens is 358 g/mol. The second-order valence-corrected chi connectivity index (χ2v) is 7.14. The van der Waals surface area contributed by atoms with Crippen molar-refractivity contribution in [3.63, 3.8) is 0 Å². The zero-order valence-electron chi connectivity index (χ0n) is 16.0. The first-order valence-corrected chi connectivity index (χ1v) is 10.0. The van der Waals surface area contributed by atoms with Crippen LogP contribution in [0.3, 0.4) is 0 Å². The first kappa shape index (κ1) is 19.4. The van der Waals surface area contributed by atoms with E-state index in [1.807, 2.05) is 35.2 Å². The van der Waals surface area contributed by atoms with Gasteiger partial charge in [0, 0.05) is 13.1 Å². The number of para-hydroxylation sites is 2. The van der Waals surface area contributed by atoms with Crippen molar-refractivity contribution in [1.29, 1.82) is 0 Å².